The van der Waals surface area contributed by atoms with Gasteiger partial charge in [0.1, 0.15) is 18.5 Å². The van der Waals surface area contributed by atoms with E-state index in [9.17, 15) is 5.11 Å². The zero-order chi connectivity index (χ0) is 14.5. The molecule has 3 nitrogen and oxygen atoms in total. The number of benzene rings is 2. The number of hydrogen-bond donors (Lipinski definition) is 2. The van der Waals surface area contributed by atoms with E-state index in [1.54, 1.807) is 0 Å². The minimum atomic E-state index is -0.502. The van der Waals surface area contributed by atoms with Crippen molar-refractivity contribution in [3.05, 3.63) is 42.0 Å². The lowest BCUT2D eigenvalue weighted by Gasteiger charge is -2.16. The van der Waals surface area contributed by atoms with Gasteiger partial charge >= 0.3 is 0 Å². The van der Waals surface area contributed by atoms with Crippen molar-refractivity contribution < 1.29 is 9.84 Å². The number of aliphatic hydroxyl groups is 1. The van der Waals surface area contributed by atoms with E-state index in [-0.39, 0.29) is 0 Å². The predicted molar refractivity (Wildman–Crippen MR) is 83.3 cm³/mol. The van der Waals surface area contributed by atoms with E-state index in [0.717, 1.165) is 11.1 Å². The third kappa shape index (κ3) is 3.71. The number of nitrogens with one attached hydrogen (secondary N) is 1. The van der Waals surface area contributed by atoms with Gasteiger partial charge in [0, 0.05) is 18.0 Å². The van der Waals surface area contributed by atoms with E-state index in [4.69, 9.17) is 4.74 Å². The van der Waals surface area contributed by atoms with Gasteiger partial charge in [-0.3, -0.25) is 0 Å². The van der Waals surface area contributed by atoms with Crippen LogP contribution in [0.15, 0.2) is 36.4 Å². The van der Waals surface area contributed by atoms with E-state index < -0.39 is 6.10 Å². The summed E-state index contributed by atoms with van der Waals surface area (Å²) in [6.45, 7) is 7.05. The van der Waals surface area contributed by atoms with E-state index in [1.165, 1.54) is 10.9 Å². The van der Waals surface area contributed by atoms with Crippen molar-refractivity contribution in [1.82, 2.24) is 5.32 Å². The highest BCUT2D eigenvalue weighted by Gasteiger charge is 2.08. The third-order valence-corrected chi connectivity index (χ3v) is 3.30. The van der Waals surface area contributed by atoms with Crippen LogP contribution in [0.5, 0.6) is 5.75 Å². The molecule has 20 heavy (non-hydrogen) atoms. The number of hydrogen-bond acceptors (Lipinski definition) is 3. The first kappa shape index (κ1) is 14.8. The molecule has 0 unspecified atom stereocenters. The molecular formula is C17H23NO2. The Labute approximate surface area is 120 Å². The molecule has 1 atom stereocenters. The molecule has 0 bridgehead atoms. The molecule has 108 valence electrons. The number of rotatable bonds is 6. The monoisotopic (exact) mass is 273 g/mol. The summed E-state index contributed by atoms with van der Waals surface area (Å²) in [6.07, 6.45) is -0.502. The summed E-state index contributed by atoms with van der Waals surface area (Å²) in [4.78, 5) is 0. The Morgan fingerprint density at radius 1 is 1.10 bits per heavy atom. The molecule has 0 spiro atoms. The molecule has 2 aromatic carbocycles. The average molecular weight is 273 g/mol. The first-order chi connectivity index (χ1) is 9.58. The number of aryl methyl sites for hydroxylation is 1. The van der Waals surface area contributed by atoms with E-state index in [2.05, 4.69) is 44.3 Å². The van der Waals surface area contributed by atoms with Crippen LogP contribution >= 0.6 is 0 Å². The van der Waals surface area contributed by atoms with Crippen molar-refractivity contribution in [2.75, 3.05) is 13.2 Å². The molecule has 2 aromatic rings. The first-order valence-electron chi connectivity index (χ1n) is 7.10. The molecule has 0 aliphatic heterocycles. The zero-order valence-corrected chi connectivity index (χ0v) is 12.4. The molecule has 0 radical (unpaired) electrons. The molecule has 0 saturated heterocycles. The Kier molecular flexibility index (Phi) is 4.99. The lowest BCUT2D eigenvalue weighted by molar-refractivity contribution is 0.105. The van der Waals surface area contributed by atoms with Crippen LogP contribution in [0.25, 0.3) is 10.8 Å². The molecule has 0 aromatic heterocycles. The third-order valence-electron chi connectivity index (χ3n) is 3.30. The molecule has 2 N–H and O–H groups in total. The second kappa shape index (κ2) is 6.73. The lowest BCUT2D eigenvalue weighted by Crippen LogP contribution is -2.35. The van der Waals surface area contributed by atoms with Crippen LogP contribution in [0.4, 0.5) is 0 Å². The summed E-state index contributed by atoms with van der Waals surface area (Å²) < 4.78 is 5.78. The molecule has 0 aliphatic rings. The SMILES string of the molecule is Cc1ccc(OC[C@@H](O)CNC(C)C)c2ccccc12. The minimum absolute atomic E-state index is 0.298. The summed E-state index contributed by atoms with van der Waals surface area (Å²) >= 11 is 0. The second-order valence-corrected chi connectivity index (χ2v) is 5.45. The quantitative estimate of drug-likeness (QED) is 0.850. The maximum absolute atomic E-state index is 9.90. The van der Waals surface area contributed by atoms with Gasteiger partial charge < -0.3 is 15.2 Å². The summed E-state index contributed by atoms with van der Waals surface area (Å²) in [6, 6.07) is 12.6. The highest BCUT2D eigenvalue weighted by molar-refractivity contribution is 5.90. The van der Waals surface area contributed by atoms with E-state index in [0.29, 0.717) is 19.2 Å². The van der Waals surface area contributed by atoms with Crippen LogP contribution in [-0.2, 0) is 0 Å². The van der Waals surface area contributed by atoms with Crippen LogP contribution in [0, 0.1) is 6.92 Å². The fourth-order valence-corrected chi connectivity index (χ4v) is 2.16. The van der Waals surface area contributed by atoms with Crippen molar-refractivity contribution in [3.8, 4) is 5.75 Å². The topological polar surface area (TPSA) is 41.5 Å². The van der Waals surface area contributed by atoms with Crippen LogP contribution in [0.1, 0.15) is 19.4 Å². The lowest BCUT2D eigenvalue weighted by atomic mass is 10.0. The van der Waals surface area contributed by atoms with Crippen molar-refractivity contribution in [3.63, 3.8) is 0 Å². The fourth-order valence-electron chi connectivity index (χ4n) is 2.16. The van der Waals surface area contributed by atoms with Crippen LogP contribution in [-0.4, -0.2) is 30.4 Å². The summed E-state index contributed by atoms with van der Waals surface area (Å²) in [7, 11) is 0. The fraction of sp³-hybridized carbons (Fsp3) is 0.412. The Morgan fingerprint density at radius 2 is 1.80 bits per heavy atom. The smallest absolute Gasteiger partial charge is 0.127 e. The standard InChI is InChI=1S/C17H23NO2/c1-12(2)18-10-14(19)11-20-17-9-8-13(3)15-6-4-5-7-16(15)17/h4-9,12,14,18-19H,10-11H2,1-3H3/t14-/m0/s1. The Morgan fingerprint density at radius 3 is 2.50 bits per heavy atom. The first-order valence-corrected chi connectivity index (χ1v) is 7.10. The highest BCUT2D eigenvalue weighted by Crippen LogP contribution is 2.28. The molecule has 0 heterocycles. The molecule has 0 amide bonds. The number of fused-ring (bicyclic) bond motifs is 1. The van der Waals surface area contributed by atoms with Gasteiger partial charge in [-0.2, -0.15) is 0 Å². The van der Waals surface area contributed by atoms with E-state index in [1.807, 2.05) is 18.2 Å². The Bertz CT molecular complexity index is 566. The van der Waals surface area contributed by atoms with Gasteiger partial charge in [0.25, 0.3) is 0 Å². The van der Waals surface area contributed by atoms with Crippen molar-refractivity contribution in [2.45, 2.75) is 32.9 Å². The molecular weight excluding hydrogens is 250 g/mol. The second-order valence-electron chi connectivity index (χ2n) is 5.45. The maximum atomic E-state index is 9.90. The summed E-state index contributed by atoms with van der Waals surface area (Å²) in [5, 5.41) is 15.4. The highest BCUT2D eigenvalue weighted by atomic mass is 16.5. The zero-order valence-electron chi connectivity index (χ0n) is 12.4. The molecule has 0 saturated carbocycles. The van der Waals surface area contributed by atoms with E-state index >= 15 is 0 Å². The van der Waals surface area contributed by atoms with Gasteiger partial charge in [-0.25, -0.2) is 0 Å². The Hall–Kier alpha value is -1.58. The average Bonchev–Trinajstić information content (AvgIpc) is 2.45. The summed E-state index contributed by atoms with van der Waals surface area (Å²) in [5.41, 5.74) is 1.23. The molecule has 2 rings (SSSR count). The van der Waals surface area contributed by atoms with Crippen molar-refractivity contribution >= 4 is 10.8 Å². The Balaban J connectivity index is 2.05. The minimum Gasteiger partial charge on any atom is -0.490 e. The predicted octanol–water partition coefficient (Wildman–Crippen LogP) is 2.89. The molecule has 3 heteroatoms. The molecule has 0 aliphatic carbocycles. The van der Waals surface area contributed by atoms with Crippen molar-refractivity contribution in [1.29, 1.82) is 0 Å². The van der Waals surface area contributed by atoms with Crippen LogP contribution < -0.4 is 10.1 Å². The molecule has 0 fully saturated rings. The maximum Gasteiger partial charge on any atom is 0.127 e. The van der Waals surface area contributed by atoms with Gasteiger partial charge in [0.05, 0.1) is 0 Å². The van der Waals surface area contributed by atoms with Gasteiger partial charge in [-0.15, -0.1) is 0 Å². The summed E-state index contributed by atoms with van der Waals surface area (Å²) in [5.74, 6) is 0.829. The van der Waals surface area contributed by atoms with Gasteiger partial charge in [-0.05, 0) is 23.9 Å². The van der Waals surface area contributed by atoms with Gasteiger partial charge in [-0.1, -0.05) is 44.2 Å². The van der Waals surface area contributed by atoms with Gasteiger partial charge in [0.2, 0.25) is 0 Å². The van der Waals surface area contributed by atoms with Crippen molar-refractivity contribution in [2.24, 2.45) is 0 Å². The van der Waals surface area contributed by atoms with Crippen LogP contribution in [0.3, 0.4) is 0 Å². The number of aliphatic hydroxyl groups excluding tert-OH is 1. The normalized spacial score (nSPS) is 12.8. The number of ether oxygens (including phenoxy) is 1. The van der Waals surface area contributed by atoms with Crippen LogP contribution in [0.2, 0.25) is 0 Å². The van der Waals surface area contributed by atoms with Gasteiger partial charge in [0.15, 0.2) is 0 Å². The largest absolute Gasteiger partial charge is 0.490 e.